The Morgan fingerprint density at radius 2 is 1.85 bits per heavy atom. The lowest BCUT2D eigenvalue weighted by Gasteiger charge is -2.29. The van der Waals surface area contributed by atoms with Crippen LogP contribution in [0.1, 0.15) is 18.0 Å². The van der Waals surface area contributed by atoms with Gasteiger partial charge in [-0.1, -0.05) is 36.4 Å². The van der Waals surface area contributed by atoms with Gasteiger partial charge in [-0.25, -0.2) is 13.2 Å². The van der Waals surface area contributed by atoms with Gasteiger partial charge in [0, 0.05) is 25.2 Å². The number of carboxylic acid groups (broad SMARTS) is 1. The van der Waals surface area contributed by atoms with Crippen molar-refractivity contribution in [1.29, 1.82) is 0 Å². The van der Waals surface area contributed by atoms with Gasteiger partial charge in [0.2, 0.25) is 0 Å². The number of aliphatic carboxylic acids is 1. The summed E-state index contributed by atoms with van der Waals surface area (Å²) in [6.07, 6.45) is -3.37. The quantitative estimate of drug-likeness (QED) is 0.287. The first kappa shape index (κ1) is 27.7. The molecule has 4 rings (SSSR count). The Morgan fingerprint density at radius 3 is 2.49 bits per heavy atom. The summed E-state index contributed by atoms with van der Waals surface area (Å²) in [6, 6.07) is 14.6. The van der Waals surface area contributed by atoms with Crippen LogP contribution in [0.25, 0.3) is 0 Å². The number of nitro benzene ring substituents is 1. The lowest BCUT2D eigenvalue weighted by atomic mass is 10.0. The van der Waals surface area contributed by atoms with Crippen LogP contribution >= 0.6 is 11.3 Å². The minimum atomic E-state index is -4.23. The summed E-state index contributed by atoms with van der Waals surface area (Å²) in [5.74, 6) is -2.15. The molecule has 15 heteroatoms. The number of para-hydroxylation sites is 1. The van der Waals surface area contributed by atoms with Gasteiger partial charge in [-0.05, 0) is 29.1 Å². The van der Waals surface area contributed by atoms with Crippen molar-refractivity contribution < 1.29 is 37.6 Å². The van der Waals surface area contributed by atoms with Crippen LogP contribution in [0, 0.1) is 10.1 Å². The van der Waals surface area contributed by atoms with Crippen LogP contribution in [0.5, 0.6) is 5.75 Å². The molecule has 1 aliphatic rings. The van der Waals surface area contributed by atoms with E-state index in [1.165, 1.54) is 42.5 Å². The third-order valence-electron chi connectivity index (χ3n) is 5.78. The van der Waals surface area contributed by atoms with Crippen molar-refractivity contribution in [2.45, 2.75) is 22.8 Å². The van der Waals surface area contributed by atoms with Crippen LogP contribution in [0.4, 0.5) is 10.5 Å². The average Bonchev–Trinajstić information content (AvgIpc) is 3.60. The maximum atomic E-state index is 13.6. The zero-order chi connectivity index (χ0) is 28.2. The monoisotopic (exact) mass is 574 g/mol. The lowest BCUT2D eigenvalue weighted by Crippen LogP contribution is -2.54. The second kappa shape index (κ2) is 11.6. The number of non-ortho nitro benzene ring substituents is 1. The van der Waals surface area contributed by atoms with E-state index in [9.17, 15) is 38.0 Å². The Kier molecular flexibility index (Phi) is 8.23. The molecule has 1 fully saturated rings. The summed E-state index contributed by atoms with van der Waals surface area (Å²) in [5, 5.41) is 24.7. The molecule has 2 heterocycles. The van der Waals surface area contributed by atoms with Crippen LogP contribution in [0.3, 0.4) is 0 Å². The molecule has 2 aromatic carbocycles. The number of rotatable bonds is 9. The molecule has 13 nitrogen and oxygen atoms in total. The highest BCUT2D eigenvalue weighted by molar-refractivity contribution is 7.91. The number of benzene rings is 2. The van der Waals surface area contributed by atoms with Crippen LogP contribution in [-0.4, -0.2) is 64.9 Å². The Balaban J connectivity index is 1.68. The van der Waals surface area contributed by atoms with E-state index in [1.54, 1.807) is 23.6 Å². The summed E-state index contributed by atoms with van der Waals surface area (Å²) in [4.78, 5) is 49.8. The van der Waals surface area contributed by atoms with Crippen molar-refractivity contribution in [3.8, 4) is 5.75 Å². The van der Waals surface area contributed by atoms with E-state index in [2.05, 4.69) is 5.32 Å². The second-order valence-electron chi connectivity index (χ2n) is 8.31. The van der Waals surface area contributed by atoms with Gasteiger partial charge in [0.05, 0.1) is 17.4 Å². The number of nitrogens with zero attached hydrogens (tertiary/aromatic N) is 3. The fourth-order valence-corrected chi connectivity index (χ4v) is 6.69. The first-order valence-corrected chi connectivity index (χ1v) is 13.8. The number of nitro groups is 1. The predicted molar refractivity (Wildman–Crippen MR) is 137 cm³/mol. The smallest absolute Gasteiger partial charge is 0.417 e. The lowest BCUT2D eigenvalue weighted by molar-refractivity contribution is -0.384. The van der Waals surface area contributed by atoms with Crippen molar-refractivity contribution in [3.63, 3.8) is 0 Å². The van der Waals surface area contributed by atoms with Crippen molar-refractivity contribution in [2.24, 2.45) is 0 Å². The van der Waals surface area contributed by atoms with Gasteiger partial charge in [0.1, 0.15) is 9.96 Å². The highest BCUT2D eigenvalue weighted by Crippen LogP contribution is 2.29. The SMILES string of the molecule is O=C(O)CC(NC(=O)C1N(C(=O)Oc2ccccc2)CCN1S(=O)(=O)c1cccs1)c1cccc([N+](=O)[O-])c1. The molecule has 2 N–H and O–H groups in total. The maximum absolute atomic E-state index is 13.6. The van der Waals surface area contributed by atoms with Crippen LogP contribution in [0.2, 0.25) is 0 Å². The summed E-state index contributed by atoms with van der Waals surface area (Å²) >= 11 is 0.929. The van der Waals surface area contributed by atoms with Crippen LogP contribution in [0.15, 0.2) is 76.3 Å². The average molecular weight is 575 g/mol. The number of carboxylic acids is 1. The molecule has 0 aliphatic carbocycles. The molecule has 1 aromatic heterocycles. The number of sulfonamides is 1. The molecule has 39 heavy (non-hydrogen) atoms. The maximum Gasteiger partial charge on any atom is 0.417 e. The first-order valence-electron chi connectivity index (χ1n) is 11.4. The number of carbonyl (C=O) groups is 3. The normalized spacial score (nSPS) is 16.4. The van der Waals surface area contributed by atoms with E-state index >= 15 is 0 Å². The molecule has 3 aromatic rings. The van der Waals surface area contributed by atoms with Gasteiger partial charge < -0.3 is 15.2 Å². The summed E-state index contributed by atoms with van der Waals surface area (Å²) in [7, 11) is -4.23. The molecule has 0 saturated carbocycles. The molecule has 2 unspecified atom stereocenters. The van der Waals surface area contributed by atoms with E-state index in [0.29, 0.717) is 0 Å². The number of amides is 2. The fraction of sp³-hybridized carbons (Fsp3) is 0.208. The van der Waals surface area contributed by atoms with Gasteiger partial charge in [-0.2, -0.15) is 4.31 Å². The van der Waals surface area contributed by atoms with Crippen molar-refractivity contribution in [1.82, 2.24) is 14.5 Å². The highest BCUT2D eigenvalue weighted by Gasteiger charge is 2.48. The molecule has 204 valence electrons. The Hall–Kier alpha value is -4.34. The largest absolute Gasteiger partial charge is 0.481 e. The van der Waals surface area contributed by atoms with Crippen molar-refractivity contribution >= 4 is 45.0 Å². The molecule has 0 spiro atoms. The van der Waals surface area contributed by atoms with Gasteiger partial charge in [-0.15, -0.1) is 11.3 Å². The molecule has 1 aliphatic heterocycles. The molecule has 2 atom stereocenters. The fourth-order valence-electron chi connectivity index (χ4n) is 4.02. The zero-order valence-corrected chi connectivity index (χ0v) is 21.7. The third-order valence-corrected chi connectivity index (χ3v) is 9.01. The Morgan fingerprint density at radius 1 is 1.10 bits per heavy atom. The minimum Gasteiger partial charge on any atom is -0.481 e. The van der Waals surface area contributed by atoms with E-state index in [1.807, 2.05) is 0 Å². The molecular weight excluding hydrogens is 552 g/mol. The summed E-state index contributed by atoms with van der Waals surface area (Å²) in [5.41, 5.74) is -0.211. The molecule has 0 radical (unpaired) electrons. The van der Waals surface area contributed by atoms with Crippen molar-refractivity contribution in [2.75, 3.05) is 13.1 Å². The topological polar surface area (TPSA) is 176 Å². The predicted octanol–water partition coefficient (Wildman–Crippen LogP) is 2.82. The van der Waals surface area contributed by atoms with E-state index in [0.717, 1.165) is 26.6 Å². The number of carbonyl (C=O) groups excluding carboxylic acids is 2. The van der Waals surface area contributed by atoms with Crippen molar-refractivity contribution in [3.05, 3.63) is 87.8 Å². The zero-order valence-electron chi connectivity index (χ0n) is 20.1. The van der Waals surface area contributed by atoms with E-state index in [-0.39, 0.29) is 34.3 Å². The molecular formula is C24H22N4O9S2. The van der Waals surface area contributed by atoms with Gasteiger partial charge in [0.25, 0.3) is 21.6 Å². The van der Waals surface area contributed by atoms with Gasteiger partial charge in [0.15, 0.2) is 6.17 Å². The van der Waals surface area contributed by atoms with Crippen LogP contribution < -0.4 is 10.1 Å². The molecule has 2 amide bonds. The highest BCUT2D eigenvalue weighted by atomic mass is 32.2. The number of nitrogens with one attached hydrogen (secondary N) is 1. The number of thiophene rings is 1. The third kappa shape index (κ3) is 6.22. The standard InChI is InChI=1S/C24H22N4O9S2/c29-20(30)15-19(16-6-4-7-17(14-16)28(33)34)25-22(31)23-26(24(32)37-18-8-2-1-3-9-18)11-12-27(23)39(35,36)21-10-5-13-38-21/h1-10,13-14,19,23H,11-12,15H2,(H,25,31)(H,29,30). The number of ether oxygens (including phenoxy) is 1. The Labute approximate surface area is 226 Å². The summed E-state index contributed by atoms with van der Waals surface area (Å²) < 4.78 is 32.9. The first-order chi connectivity index (χ1) is 18.6. The molecule has 0 bridgehead atoms. The van der Waals surface area contributed by atoms with E-state index in [4.69, 9.17) is 4.74 Å². The van der Waals surface area contributed by atoms with Crippen LogP contribution in [-0.2, 0) is 19.6 Å². The second-order valence-corrected chi connectivity index (χ2v) is 11.4. The van der Waals surface area contributed by atoms with Gasteiger partial charge >= 0.3 is 12.1 Å². The Bertz CT molecular complexity index is 1480. The number of hydrogen-bond acceptors (Lipinski definition) is 9. The minimum absolute atomic E-state index is 0.0562. The van der Waals surface area contributed by atoms with E-state index < -0.39 is 51.5 Å². The summed E-state index contributed by atoms with van der Waals surface area (Å²) in [6.45, 7) is -0.419. The number of hydrogen-bond donors (Lipinski definition) is 2. The van der Waals surface area contributed by atoms with Gasteiger partial charge in [-0.3, -0.25) is 24.6 Å². The molecule has 1 saturated heterocycles.